The first-order valence-electron chi connectivity index (χ1n) is 7.92. The van der Waals surface area contributed by atoms with Gasteiger partial charge in [0.15, 0.2) is 0 Å². The normalized spacial score (nSPS) is 14.7. The molecule has 2 aromatic rings. The first-order chi connectivity index (χ1) is 11.1. The first kappa shape index (κ1) is 15.3. The molecule has 1 aliphatic rings. The van der Waals surface area contributed by atoms with Gasteiger partial charge >= 0.3 is 0 Å². The molecule has 0 atom stereocenters. The molecule has 1 aliphatic heterocycles. The summed E-state index contributed by atoms with van der Waals surface area (Å²) in [5, 5.41) is 2.90. The number of aryl methyl sites for hydroxylation is 1. The summed E-state index contributed by atoms with van der Waals surface area (Å²) in [6.07, 6.45) is 2.63. The summed E-state index contributed by atoms with van der Waals surface area (Å²) in [6.45, 7) is 2.69. The highest BCUT2D eigenvalue weighted by molar-refractivity contribution is 6.05. The van der Waals surface area contributed by atoms with Gasteiger partial charge in [0, 0.05) is 29.9 Å². The maximum atomic E-state index is 12.3. The molecule has 0 bridgehead atoms. The van der Waals surface area contributed by atoms with Gasteiger partial charge in [0.05, 0.1) is 0 Å². The summed E-state index contributed by atoms with van der Waals surface area (Å²) < 4.78 is 0. The SMILES string of the molecule is Cc1ccccc1C(=O)Nc1ccc(N2CCCCC2=O)cc1. The molecule has 1 saturated heterocycles. The second kappa shape index (κ2) is 6.65. The maximum Gasteiger partial charge on any atom is 0.255 e. The number of benzene rings is 2. The molecule has 118 valence electrons. The Kier molecular flexibility index (Phi) is 4.42. The minimum Gasteiger partial charge on any atom is -0.322 e. The Hall–Kier alpha value is -2.62. The van der Waals surface area contributed by atoms with E-state index in [1.165, 1.54) is 0 Å². The fourth-order valence-electron chi connectivity index (χ4n) is 2.83. The highest BCUT2D eigenvalue weighted by Crippen LogP contribution is 2.23. The highest BCUT2D eigenvalue weighted by atomic mass is 16.2. The van der Waals surface area contributed by atoms with Crippen molar-refractivity contribution in [2.24, 2.45) is 0 Å². The van der Waals surface area contributed by atoms with Gasteiger partial charge in [-0.2, -0.15) is 0 Å². The van der Waals surface area contributed by atoms with Crippen LogP contribution in [0.15, 0.2) is 48.5 Å². The molecule has 1 N–H and O–H groups in total. The number of anilines is 2. The van der Waals surface area contributed by atoms with Crippen LogP contribution in [-0.4, -0.2) is 18.4 Å². The zero-order valence-electron chi connectivity index (χ0n) is 13.2. The lowest BCUT2D eigenvalue weighted by Crippen LogP contribution is -2.35. The van der Waals surface area contributed by atoms with Gasteiger partial charge in [0.25, 0.3) is 5.91 Å². The number of amides is 2. The highest BCUT2D eigenvalue weighted by Gasteiger charge is 2.19. The van der Waals surface area contributed by atoms with E-state index in [0.29, 0.717) is 12.0 Å². The molecule has 0 unspecified atom stereocenters. The van der Waals surface area contributed by atoms with Crippen LogP contribution in [0, 0.1) is 6.92 Å². The summed E-state index contributed by atoms with van der Waals surface area (Å²) in [5.41, 5.74) is 3.23. The number of rotatable bonds is 3. The van der Waals surface area contributed by atoms with Crippen LogP contribution in [0.4, 0.5) is 11.4 Å². The largest absolute Gasteiger partial charge is 0.322 e. The van der Waals surface area contributed by atoms with Crippen LogP contribution in [0.2, 0.25) is 0 Å². The average Bonchev–Trinajstić information content (AvgIpc) is 2.56. The van der Waals surface area contributed by atoms with Crippen molar-refractivity contribution >= 4 is 23.2 Å². The molecule has 4 heteroatoms. The molecular formula is C19H20N2O2. The van der Waals surface area contributed by atoms with E-state index in [1.807, 2.05) is 60.4 Å². The fourth-order valence-corrected chi connectivity index (χ4v) is 2.83. The third-order valence-corrected chi connectivity index (χ3v) is 4.15. The molecule has 0 aromatic heterocycles. The Bertz CT molecular complexity index is 722. The minimum absolute atomic E-state index is 0.120. The molecule has 1 heterocycles. The molecule has 4 nitrogen and oxygen atoms in total. The van der Waals surface area contributed by atoms with Gasteiger partial charge in [-0.15, -0.1) is 0 Å². The van der Waals surface area contributed by atoms with Crippen LogP contribution in [0.3, 0.4) is 0 Å². The number of carbonyl (C=O) groups is 2. The Morgan fingerprint density at radius 2 is 1.78 bits per heavy atom. The number of nitrogens with zero attached hydrogens (tertiary/aromatic N) is 1. The molecule has 23 heavy (non-hydrogen) atoms. The lowest BCUT2D eigenvalue weighted by atomic mass is 10.1. The van der Waals surface area contributed by atoms with Gasteiger partial charge in [-0.3, -0.25) is 9.59 Å². The van der Waals surface area contributed by atoms with Crippen LogP contribution in [-0.2, 0) is 4.79 Å². The molecule has 2 amide bonds. The fraction of sp³-hybridized carbons (Fsp3) is 0.263. The number of piperidine rings is 1. The van der Waals surface area contributed by atoms with E-state index in [0.717, 1.165) is 36.3 Å². The summed E-state index contributed by atoms with van der Waals surface area (Å²) in [4.78, 5) is 26.0. The monoisotopic (exact) mass is 308 g/mol. The quantitative estimate of drug-likeness (QED) is 0.938. The molecule has 1 fully saturated rings. The van der Waals surface area contributed by atoms with Crippen LogP contribution in [0.1, 0.15) is 35.2 Å². The number of carbonyl (C=O) groups excluding carboxylic acids is 2. The van der Waals surface area contributed by atoms with Crippen molar-refractivity contribution in [2.45, 2.75) is 26.2 Å². The van der Waals surface area contributed by atoms with E-state index in [9.17, 15) is 9.59 Å². The van der Waals surface area contributed by atoms with E-state index in [4.69, 9.17) is 0 Å². The summed E-state index contributed by atoms with van der Waals surface area (Å²) in [7, 11) is 0. The Morgan fingerprint density at radius 3 is 2.48 bits per heavy atom. The summed E-state index contributed by atoms with van der Waals surface area (Å²) in [5.74, 6) is 0.0536. The van der Waals surface area contributed by atoms with E-state index in [1.54, 1.807) is 0 Å². The third kappa shape index (κ3) is 3.42. The predicted molar refractivity (Wildman–Crippen MR) is 91.8 cm³/mol. The minimum atomic E-state index is -0.120. The Balaban J connectivity index is 1.71. The van der Waals surface area contributed by atoms with Gasteiger partial charge in [0.1, 0.15) is 0 Å². The van der Waals surface area contributed by atoms with E-state index in [2.05, 4.69) is 5.32 Å². The lowest BCUT2D eigenvalue weighted by molar-refractivity contribution is -0.119. The lowest BCUT2D eigenvalue weighted by Gasteiger charge is -2.26. The van der Waals surface area contributed by atoms with Crippen LogP contribution >= 0.6 is 0 Å². The molecule has 0 aliphatic carbocycles. The molecule has 0 radical (unpaired) electrons. The van der Waals surface area contributed by atoms with E-state index >= 15 is 0 Å². The zero-order valence-corrected chi connectivity index (χ0v) is 13.2. The predicted octanol–water partition coefficient (Wildman–Crippen LogP) is 3.76. The van der Waals surface area contributed by atoms with Crippen molar-refractivity contribution in [1.82, 2.24) is 0 Å². The van der Waals surface area contributed by atoms with Crippen LogP contribution < -0.4 is 10.2 Å². The van der Waals surface area contributed by atoms with Gasteiger partial charge in [-0.05, 0) is 55.7 Å². The van der Waals surface area contributed by atoms with E-state index < -0.39 is 0 Å². The van der Waals surface area contributed by atoms with Crippen molar-refractivity contribution < 1.29 is 9.59 Å². The third-order valence-electron chi connectivity index (χ3n) is 4.15. The van der Waals surface area contributed by atoms with Crippen molar-refractivity contribution in [3.8, 4) is 0 Å². The Morgan fingerprint density at radius 1 is 1.04 bits per heavy atom. The van der Waals surface area contributed by atoms with Crippen LogP contribution in [0.25, 0.3) is 0 Å². The molecule has 0 saturated carbocycles. The zero-order chi connectivity index (χ0) is 16.2. The number of hydrogen-bond donors (Lipinski definition) is 1. The average molecular weight is 308 g/mol. The van der Waals surface area contributed by atoms with Gasteiger partial charge < -0.3 is 10.2 Å². The first-order valence-corrected chi connectivity index (χ1v) is 7.92. The number of nitrogens with one attached hydrogen (secondary N) is 1. The van der Waals surface area contributed by atoms with Crippen molar-refractivity contribution in [3.63, 3.8) is 0 Å². The standard InChI is InChI=1S/C19H20N2O2/c1-14-6-2-3-7-17(14)19(23)20-15-9-11-16(12-10-15)21-13-5-4-8-18(21)22/h2-3,6-7,9-12H,4-5,8,13H2,1H3,(H,20,23). The Labute approximate surface area is 136 Å². The smallest absolute Gasteiger partial charge is 0.255 e. The summed E-state index contributed by atoms with van der Waals surface area (Å²) in [6, 6.07) is 14.9. The van der Waals surface area contributed by atoms with Crippen molar-refractivity contribution in [3.05, 3.63) is 59.7 Å². The van der Waals surface area contributed by atoms with Gasteiger partial charge in [-0.25, -0.2) is 0 Å². The summed E-state index contributed by atoms with van der Waals surface area (Å²) >= 11 is 0. The van der Waals surface area contributed by atoms with Crippen molar-refractivity contribution in [2.75, 3.05) is 16.8 Å². The van der Waals surface area contributed by atoms with Gasteiger partial charge in [-0.1, -0.05) is 18.2 Å². The topological polar surface area (TPSA) is 49.4 Å². The number of hydrogen-bond acceptors (Lipinski definition) is 2. The maximum absolute atomic E-state index is 12.3. The second-order valence-electron chi connectivity index (χ2n) is 5.82. The van der Waals surface area contributed by atoms with Crippen molar-refractivity contribution in [1.29, 1.82) is 0 Å². The molecule has 3 rings (SSSR count). The molecule has 0 spiro atoms. The molecule has 2 aromatic carbocycles. The van der Waals surface area contributed by atoms with Gasteiger partial charge in [0.2, 0.25) is 5.91 Å². The second-order valence-corrected chi connectivity index (χ2v) is 5.82. The molecular weight excluding hydrogens is 288 g/mol. The van der Waals surface area contributed by atoms with Crippen LogP contribution in [0.5, 0.6) is 0 Å². The van der Waals surface area contributed by atoms with E-state index in [-0.39, 0.29) is 11.8 Å².